The van der Waals surface area contributed by atoms with Gasteiger partial charge in [-0.1, -0.05) is 36.4 Å². The molecule has 0 spiro atoms. The van der Waals surface area contributed by atoms with Crippen molar-refractivity contribution in [2.45, 2.75) is 18.9 Å². The average Bonchev–Trinajstić information content (AvgIpc) is 3.38. The number of aromatic nitrogens is 3. The maximum Gasteiger partial charge on any atom is 0.254 e. The van der Waals surface area contributed by atoms with E-state index in [2.05, 4.69) is 10.2 Å². The summed E-state index contributed by atoms with van der Waals surface area (Å²) in [6.07, 6.45) is 5.16. The molecule has 1 aromatic heterocycles. The summed E-state index contributed by atoms with van der Waals surface area (Å²) in [6, 6.07) is 16.4. The minimum absolute atomic E-state index is 0.00421. The van der Waals surface area contributed by atoms with E-state index in [1.165, 1.54) is 13.2 Å². The number of ether oxygens (including phenoxy) is 1. The second-order valence-corrected chi connectivity index (χ2v) is 7.96. The topological polar surface area (TPSA) is 60.2 Å². The highest BCUT2D eigenvalue weighted by Crippen LogP contribution is 2.38. The summed E-state index contributed by atoms with van der Waals surface area (Å²) in [5.74, 6) is 0.102. The number of piperidine rings is 1. The first-order valence-electron chi connectivity index (χ1n) is 10.7. The molecule has 1 fully saturated rings. The first-order chi connectivity index (χ1) is 15.7. The Bertz CT molecular complexity index is 1260. The van der Waals surface area contributed by atoms with Crippen LogP contribution >= 0.6 is 0 Å². The van der Waals surface area contributed by atoms with Gasteiger partial charge in [0.05, 0.1) is 12.7 Å². The molecular formula is C25H23FN4O2. The molecule has 0 aliphatic carbocycles. The Morgan fingerprint density at radius 2 is 1.69 bits per heavy atom. The zero-order valence-corrected chi connectivity index (χ0v) is 17.7. The number of carbonyl (C=O) groups is 1. The van der Waals surface area contributed by atoms with Gasteiger partial charge < -0.3 is 14.2 Å². The van der Waals surface area contributed by atoms with E-state index >= 15 is 0 Å². The monoisotopic (exact) mass is 430 g/mol. The summed E-state index contributed by atoms with van der Waals surface area (Å²) >= 11 is 0. The van der Waals surface area contributed by atoms with Crippen LogP contribution in [0.15, 0.2) is 67.3 Å². The zero-order valence-electron chi connectivity index (χ0n) is 17.7. The lowest BCUT2D eigenvalue weighted by atomic mass is 9.93. The van der Waals surface area contributed by atoms with Gasteiger partial charge in [-0.15, -0.1) is 10.2 Å². The summed E-state index contributed by atoms with van der Waals surface area (Å²) in [6.45, 7) is 1.33. The molecule has 5 rings (SSSR count). The number of hydrogen-bond acceptors (Lipinski definition) is 4. The van der Waals surface area contributed by atoms with E-state index in [1.54, 1.807) is 30.9 Å². The standard InChI is InChI=1S/C25H23FN4O2/c1-32-23-8-4-7-22(26)24(23)20-9-10-21(19-6-3-2-5-18(19)20)25(31)29-13-11-17(12-14-29)30-15-27-28-16-30/h2-10,15-17H,11-14H2,1H3. The molecule has 0 unspecified atom stereocenters. The number of benzene rings is 3. The average molecular weight is 430 g/mol. The molecule has 0 atom stereocenters. The van der Waals surface area contributed by atoms with E-state index in [0.29, 0.717) is 41.6 Å². The van der Waals surface area contributed by atoms with Crippen LogP contribution in [0.5, 0.6) is 5.75 Å². The molecule has 6 nitrogen and oxygen atoms in total. The van der Waals surface area contributed by atoms with Gasteiger partial charge in [-0.05, 0) is 47.4 Å². The lowest BCUT2D eigenvalue weighted by Crippen LogP contribution is -2.39. The smallest absolute Gasteiger partial charge is 0.254 e. The number of fused-ring (bicyclic) bond motifs is 1. The number of halogens is 1. The number of rotatable bonds is 4. The summed E-state index contributed by atoms with van der Waals surface area (Å²) in [4.78, 5) is 15.3. The van der Waals surface area contributed by atoms with Crippen LogP contribution in [0.25, 0.3) is 21.9 Å². The molecular weight excluding hydrogens is 407 g/mol. The maximum absolute atomic E-state index is 14.8. The van der Waals surface area contributed by atoms with Crippen molar-refractivity contribution in [1.82, 2.24) is 19.7 Å². The van der Waals surface area contributed by atoms with Gasteiger partial charge in [0.25, 0.3) is 5.91 Å². The van der Waals surface area contributed by atoms with E-state index in [4.69, 9.17) is 4.74 Å². The summed E-state index contributed by atoms with van der Waals surface area (Å²) in [5.41, 5.74) is 1.74. The number of methoxy groups -OCH3 is 1. The van der Waals surface area contributed by atoms with Gasteiger partial charge in [0, 0.05) is 24.7 Å². The zero-order chi connectivity index (χ0) is 22.1. The van der Waals surface area contributed by atoms with Crippen LogP contribution in [-0.4, -0.2) is 45.8 Å². The second-order valence-electron chi connectivity index (χ2n) is 7.96. The van der Waals surface area contributed by atoms with Gasteiger partial charge in [-0.2, -0.15) is 0 Å². The molecule has 4 aromatic rings. The highest BCUT2D eigenvalue weighted by atomic mass is 19.1. The lowest BCUT2D eigenvalue weighted by Gasteiger charge is -2.32. The lowest BCUT2D eigenvalue weighted by molar-refractivity contribution is 0.0696. The maximum atomic E-state index is 14.8. The summed E-state index contributed by atoms with van der Waals surface area (Å²) in [7, 11) is 1.53. The molecule has 0 saturated carbocycles. The third kappa shape index (κ3) is 3.49. The molecule has 162 valence electrons. The van der Waals surface area contributed by atoms with Crippen LogP contribution in [0.3, 0.4) is 0 Å². The molecule has 0 N–H and O–H groups in total. The number of amides is 1. The van der Waals surface area contributed by atoms with E-state index < -0.39 is 0 Å². The van der Waals surface area contributed by atoms with Crippen molar-refractivity contribution in [3.63, 3.8) is 0 Å². The van der Waals surface area contributed by atoms with Crippen molar-refractivity contribution in [1.29, 1.82) is 0 Å². The number of likely N-dealkylation sites (tertiary alicyclic amines) is 1. The van der Waals surface area contributed by atoms with Crippen LogP contribution in [0, 0.1) is 5.82 Å². The first kappa shape index (κ1) is 20.2. The Balaban J connectivity index is 1.49. The Labute approximate surface area is 185 Å². The van der Waals surface area contributed by atoms with Gasteiger partial charge >= 0.3 is 0 Å². The fourth-order valence-corrected chi connectivity index (χ4v) is 4.57. The van der Waals surface area contributed by atoms with Gasteiger partial charge in [0.2, 0.25) is 0 Å². The van der Waals surface area contributed by atoms with Gasteiger partial charge in [-0.3, -0.25) is 4.79 Å². The fourth-order valence-electron chi connectivity index (χ4n) is 4.57. The molecule has 7 heteroatoms. The third-order valence-corrected chi connectivity index (χ3v) is 6.23. The molecule has 1 aliphatic heterocycles. The van der Waals surface area contributed by atoms with Crippen LogP contribution in [0.4, 0.5) is 4.39 Å². The van der Waals surface area contributed by atoms with Crippen LogP contribution in [0.1, 0.15) is 29.2 Å². The van der Waals surface area contributed by atoms with Crippen LogP contribution in [-0.2, 0) is 0 Å². The van der Waals surface area contributed by atoms with Crippen LogP contribution in [0.2, 0.25) is 0 Å². The van der Waals surface area contributed by atoms with Gasteiger partial charge in [0.1, 0.15) is 24.2 Å². The summed E-state index contributed by atoms with van der Waals surface area (Å²) in [5, 5.41) is 9.39. The predicted octanol–water partition coefficient (Wildman–Crippen LogP) is 4.72. The molecule has 1 amide bonds. The Morgan fingerprint density at radius 3 is 2.41 bits per heavy atom. The van der Waals surface area contributed by atoms with E-state index in [9.17, 15) is 9.18 Å². The molecule has 32 heavy (non-hydrogen) atoms. The van der Waals surface area contributed by atoms with Crippen LogP contribution < -0.4 is 4.74 Å². The normalized spacial score (nSPS) is 14.6. The minimum Gasteiger partial charge on any atom is -0.496 e. The van der Waals surface area contributed by atoms with Gasteiger partial charge in [-0.25, -0.2) is 4.39 Å². The van der Waals surface area contributed by atoms with Crippen molar-refractivity contribution in [3.05, 3.63) is 78.6 Å². The highest BCUT2D eigenvalue weighted by Gasteiger charge is 2.26. The molecule has 1 saturated heterocycles. The second kappa shape index (κ2) is 8.42. The summed E-state index contributed by atoms with van der Waals surface area (Å²) < 4.78 is 22.2. The van der Waals surface area contributed by atoms with Crippen molar-refractivity contribution in [3.8, 4) is 16.9 Å². The minimum atomic E-state index is -0.357. The quantitative estimate of drug-likeness (QED) is 0.470. The molecule has 1 aliphatic rings. The number of nitrogens with zero attached hydrogens (tertiary/aromatic N) is 4. The Kier molecular flexibility index (Phi) is 5.31. The SMILES string of the molecule is COc1cccc(F)c1-c1ccc(C(=O)N2CCC(n3cnnc3)CC2)c2ccccc12. The Morgan fingerprint density at radius 1 is 0.969 bits per heavy atom. The molecule has 0 bridgehead atoms. The van der Waals surface area contributed by atoms with Crippen molar-refractivity contribution in [2.75, 3.05) is 20.2 Å². The van der Waals surface area contributed by atoms with Crippen molar-refractivity contribution < 1.29 is 13.9 Å². The van der Waals surface area contributed by atoms with E-state index in [1.807, 2.05) is 39.8 Å². The van der Waals surface area contributed by atoms with E-state index in [0.717, 1.165) is 23.6 Å². The van der Waals surface area contributed by atoms with Gasteiger partial charge in [0.15, 0.2) is 0 Å². The Hall–Kier alpha value is -3.74. The number of carbonyl (C=O) groups excluding carboxylic acids is 1. The molecule has 3 aromatic carbocycles. The molecule has 0 radical (unpaired) electrons. The predicted molar refractivity (Wildman–Crippen MR) is 120 cm³/mol. The van der Waals surface area contributed by atoms with Crippen molar-refractivity contribution >= 4 is 16.7 Å². The largest absolute Gasteiger partial charge is 0.496 e. The van der Waals surface area contributed by atoms with Crippen molar-refractivity contribution in [2.24, 2.45) is 0 Å². The molecule has 2 heterocycles. The number of hydrogen-bond donors (Lipinski definition) is 0. The van der Waals surface area contributed by atoms with E-state index in [-0.39, 0.29) is 11.7 Å². The highest BCUT2D eigenvalue weighted by molar-refractivity contribution is 6.11. The third-order valence-electron chi connectivity index (χ3n) is 6.23. The first-order valence-corrected chi connectivity index (χ1v) is 10.7. The fraction of sp³-hybridized carbons (Fsp3) is 0.240.